The topological polar surface area (TPSA) is 54.5 Å². The highest BCUT2D eigenvalue weighted by atomic mass is 16.5. The number of hydrogen-bond acceptors (Lipinski definition) is 4. The van der Waals surface area contributed by atoms with E-state index in [1.165, 1.54) is 32.8 Å². The minimum atomic E-state index is -0.420. The van der Waals surface area contributed by atoms with Gasteiger partial charge in [-0.05, 0) is 37.5 Å². The average molecular weight is 291 g/mol. The van der Waals surface area contributed by atoms with Gasteiger partial charge in [-0.3, -0.25) is 4.79 Å². The van der Waals surface area contributed by atoms with E-state index >= 15 is 0 Å². The first-order valence-electron chi connectivity index (χ1n) is 7.71. The number of anilines is 1. The monoisotopic (exact) mass is 291 g/mol. The van der Waals surface area contributed by atoms with E-state index < -0.39 is 6.10 Å². The molecule has 5 heteroatoms. The highest BCUT2D eigenvalue weighted by Crippen LogP contribution is 2.18. The largest absolute Gasteiger partial charge is 0.372 e. The molecule has 2 heterocycles. The Labute approximate surface area is 126 Å². The van der Waals surface area contributed by atoms with Crippen LogP contribution in [0.4, 0.5) is 5.82 Å². The molecule has 0 aliphatic carbocycles. The molecule has 1 atom stereocenters. The molecule has 0 bridgehead atoms. The van der Waals surface area contributed by atoms with Crippen molar-refractivity contribution in [2.75, 3.05) is 25.1 Å². The molecule has 0 radical (unpaired) electrons. The van der Waals surface area contributed by atoms with Crippen LogP contribution in [0.15, 0.2) is 18.3 Å². The number of pyridine rings is 1. The molecule has 1 aromatic heterocycles. The number of hydrogen-bond donors (Lipinski definition) is 1. The van der Waals surface area contributed by atoms with Crippen LogP contribution in [0.3, 0.4) is 0 Å². The van der Waals surface area contributed by atoms with Gasteiger partial charge in [0.25, 0.3) is 0 Å². The number of amides is 1. The first-order chi connectivity index (χ1) is 10.2. The summed E-state index contributed by atoms with van der Waals surface area (Å²) in [6.45, 7) is 4.40. The van der Waals surface area contributed by atoms with E-state index in [2.05, 4.69) is 21.3 Å². The van der Waals surface area contributed by atoms with E-state index in [4.69, 9.17) is 4.74 Å². The van der Waals surface area contributed by atoms with Gasteiger partial charge in [0.1, 0.15) is 11.9 Å². The van der Waals surface area contributed by atoms with Gasteiger partial charge in [0.05, 0.1) is 0 Å². The first-order valence-corrected chi connectivity index (χ1v) is 7.71. The Morgan fingerprint density at radius 3 is 2.76 bits per heavy atom. The normalized spacial score (nSPS) is 17.1. The summed E-state index contributed by atoms with van der Waals surface area (Å²) in [4.78, 5) is 18.5. The molecule has 21 heavy (non-hydrogen) atoms. The molecule has 1 amide bonds. The van der Waals surface area contributed by atoms with Crippen molar-refractivity contribution in [3.05, 3.63) is 23.9 Å². The van der Waals surface area contributed by atoms with E-state index in [0.29, 0.717) is 6.54 Å². The van der Waals surface area contributed by atoms with Gasteiger partial charge in [0, 0.05) is 32.9 Å². The second-order valence-corrected chi connectivity index (χ2v) is 5.52. The zero-order chi connectivity index (χ0) is 15.1. The second-order valence-electron chi connectivity index (χ2n) is 5.52. The summed E-state index contributed by atoms with van der Waals surface area (Å²) in [7, 11) is 1.54. The summed E-state index contributed by atoms with van der Waals surface area (Å²) in [5.74, 6) is 0.925. The molecule has 2 rings (SSSR count). The van der Waals surface area contributed by atoms with Crippen LogP contribution in [0, 0.1) is 0 Å². The van der Waals surface area contributed by atoms with Gasteiger partial charge in [-0.1, -0.05) is 12.8 Å². The Morgan fingerprint density at radius 1 is 1.38 bits per heavy atom. The third-order valence-electron chi connectivity index (χ3n) is 3.93. The molecular weight excluding hydrogens is 266 g/mol. The average Bonchev–Trinajstić information content (AvgIpc) is 2.81. The fraction of sp³-hybridized carbons (Fsp3) is 0.625. The van der Waals surface area contributed by atoms with Crippen molar-refractivity contribution in [1.82, 2.24) is 10.3 Å². The van der Waals surface area contributed by atoms with Crippen molar-refractivity contribution in [1.29, 1.82) is 0 Å². The molecule has 116 valence electrons. The maximum atomic E-state index is 11.7. The summed E-state index contributed by atoms with van der Waals surface area (Å²) >= 11 is 0. The van der Waals surface area contributed by atoms with Gasteiger partial charge in [0.2, 0.25) is 5.91 Å². The lowest BCUT2D eigenvalue weighted by Gasteiger charge is -2.22. The Hall–Kier alpha value is -1.62. The van der Waals surface area contributed by atoms with Gasteiger partial charge in [0.15, 0.2) is 0 Å². The molecular formula is C16H25N3O2. The van der Waals surface area contributed by atoms with E-state index in [1.807, 2.05) is 12.3 Å². The minimum Gasteiger partial charge on any atom is -0.372 e. The van der Waals surface area contributed by atoms with Gasteiger partial charge in [-0.2, -0.15) is 0 Å². The van der Waals surface area contributed by atoms with Gasteiger partial charge >= 0.3 is 0 Å². The van der Waals surface area contributed by atoms with Crippen molar-refractivity contribution in [3.8, 4) is 0 Å². The zero-order valence-corrected chi connectivity index (χ0v) is 13.0. The number of nitrogens with one attached hydrogen (secondary N) is 1. The fourth-order valence-corrected chi connectivity index (χ4v) is 2.48. The van der Waals surface area contributed by atoms with E-state index in [0.717, 1.165) is 24.5 Å². The van der Waals surface area contributed by atoms with Crippen LogP contribution in [0.1, 0.15) is 38.2 Å². The highest BCUT2D eigenvalue weighted by Gasteiger charge is 2.13. The number of rotatable bonds is 5. The number of carbonyl (C=O) groups is 1. The molecule has 1 aliphatic rings. The van der Waals surface area contributed by atoms with Crippen LogP contribution in [-0.2, 0) is 16.1 Å². The predicted octanol–water partition coefficient (Wildman–Crippen LogP) is 2.11. The smallest absolute Gasteiger partial charge is 0.249 e. The third kappa shape index (κ3) is 4.70. The highest BCUT2D eigenvalue weighted by molar-refractivity contribution is 5.80. The van der Waals surface area contributed by atoms with Crippen molar-refractivity contribution in [2.45, 2.75) is 45.3 Å². The van der Waals surface area contributed by atoms with Crippen LogP contribution >= 0.6 is 0 Å². The van der Waals surface area contributed by atoms with Gasteiger partial charge < -0.3 is 15.0 Å². The van der Waals surface area contributed by atoms with Crippen LogP contribution in [0.25, 0.3) is 0 Å². The van der Waals surface area contributed by atoms with Crippen LogP contribution in [-0.4, -0.2) is 37.2 Å². The van der Waals surface area contributed by atoms with Gasteiger partial charge in [-0.15, -0.1) is 0 Å². The SMILES string of the molecule is CO[C@H](C)C(=O)NCc1ccnc(N2CCCCCC2)c1. The molecule has 0 saturated carbocycles. The zero-order valence-electron chi connectivity index (χ0n) is 13.0. The standard InChI is InChI=1S/C16H25N3O2/c1-13(21-2)16(20)18-12-14-7-8-17-15(11-14)19-9-5-3-4-6-10-19/h7-8,11,13H,3-6,9-10,12H2,1-2H3,(H,18,20)/t13-/m1/s1. The fourth-order valence-electron chi connectivity index (χ4n) is 2.48. The summed E-state index contributed by atoms with van der Waals surface area (Å²) in [5, 5.41) is 2.88. The summed E-state index contributed by atoms with van der Waals surface area (Å²) < 4.78 is 5.00. The van der Waals surface area contributed by atoms with Gasteiger partial charge in [-0.25, -0.2) is 4.98 Å². The lowest BCUT2D eigenvalue weighted by Crippen LogP contribution is -2.33. The van der Waals surface area contributed by atoms with Crippen LogP contribution in [0.2, 0.25) is 0 Å². The number of carbonyl (C=O) groups excluding carboxylic acids is 1. The molecule has 1 saturated heterocycles. The molecule has 0 unspecified atom stereocenters. The minimum absolute atomic E-state index is 0.0920. The Kier molecular flexibility index (Phi) is 5.99. The van der Waals surface area contributed by atoms with Crippen molar-refractivity contribution < 1.29 is 9.53 Å². The first kappa shape index (κ1) is 15.8. The Bertz CT molecular complexity index is 457. The van der Waals surface area contributed by atoms with Crippen molar-refractivity contribution in [2.24, 2.45) is 0 Å². The van der Waals surface area contributed by atoms with Crippen molar-refractivity contribution >= 4 is 11.7 Å². The Morgan fingerprint density at radius 2 is 2.10 bits per heavy atom. The van der Waals surface area contributed by atoms with Crippen LogP contribution < -0.4 is 10.2 Å². The molecule has 1 N–H and O–H groups in total. The van der Waals surface area contributed by atoms with Crippen LogP contribution in [0.5, 0.6) is 0 Å². The molecule has 1 aliphatic heterocycles. The maximum absolute atomic E-state index is 11.7. The second kappa shape index (κ2) is 7.98. The predicted molar refractivity (Wildman–Crippen MR) is 83.2 cm³/mol. The Balaban J connectivity index is 1.95. The third-order valence-corrected chi connectivity index (χ3v) is 3.93. The van der Waals surface area contributed by atoms with Crippen molar-refractivity contribution in [3.63, 3.8) is 0 Å². The lowest BCUT2D eigenvalue weighted by molar-refractivity contribution is -0.130. The molecule has 1 aromatic rings. The summed E-state index contributed by atoms with van der Waals surface area (Å²) in [6.07, 6.45) is 6.48. The van der Waals surface area contributed by atoms with E-state index in [9.17, 15) is 4.79 Å². The number of ether oxygens (including phenoxy) is 1. The van der Waals surface area contributed by atoms with E-state index in [1.54, 1.807) is 6.92 Å². The molecule has 1 fully saturated rings. The van der Waals surface area contributed by atoms with E-state index in [-0.39, 0.29) is 5.91 Å². The molecule has 0 spiro atoms. The number of methoxy groups -OCH3 is 1. The molecule has 0 aromatic carbocycles. The maximum Gasteiger partial charge on any atom is 0.249 e. The summed E-state index contributed by atoms with van der Waals surface area (Å²) in [5.41, 5.74) is 1.07. The summed E-state index contributed by atoms with van der Waals surface area (Å²) in [6, 6.07) is 4.02. The quantitative estimate of drug-likeness (QED) is 0.903. The molecule has 5 nitrogen and oxygen atoms in total. The number of aromatic nitrogens is 1. The number of nitrogens with zero attached hydrogens (tertiary/aromatic N) is 2. The lowest BCUT2D eigenvalue weighted by atomic mass is 10.2.